The van der Waals surface area contributed by atoms with Crippen molar-refractivity contribution in [3.05, 3.63) is 0 Å². The predicted octanol–water partition coefficient (Wildman–Crippen LogP) is 1.92. The molecule has 106 valence electrons. The van der Waals surface area contributed by atoms with Crippen molar-refractivity contribution in [1.82, 2.24) is 4.90 Å². The van der Waals surface area contributed by atoms with Crippen molar-refractivity contribution in [2.75, 3.05) is 13.7 Å². The number of piperidine rings is 1. The molecule has 0 amide bonds. The Hall–Kier alpha value is -0.610. The molecule has 1 rings (SSSR count). The van der Waals surface area contributed by atoms with Gasteiger partial charge in [0.25, 0.3) is 0 Å². The van der Waals surface area contributed by atoms with Gasteiger partial charge in [-0.2, -0.15) is 0 Å². The van der Waals surface area contributed by atoms with E-state index in [2.05, 4.69) is 18.7 Å². The smallest absolute Gasteiger partial charge is 0.325 e. The second-order valence-electron chi connectivity index (χ2n) is 5.88. The summed E-state index contributed by atoms with van der Waals surface area (Å²) in [5.74, 6) is -0.317. The average molecular weight is 256 g/mol. The Balaban J connectivity index is 2.38. The number of carbonyl (C=O) groups excluding carboxylic acids is 1. The Labute approximate surface area is 111 Å². The molecule has 1 aliphatic heterocycles. The van der Waals surface area contributed by atoms with Crippen LogP contribution in [0.2, 0.25) is 0 Å². The van der Waals surface area contributed by atoms with Gasteiger partial charge in [0.05, 0.1) is 7.11 Å². The van der Waals surface area contributed by atoms with Crippen LogP contribution in [0.15, 0.2) is 0 Å². The van der Waals surface area contributed by atoms with Crippen molar-refractivity contribution >= 4 is 5.97 Å². The standard InChI is InChI=1S/C14H28N2O2/c1-11-7-5-8-12(2)16(11)10-6-9-14(3,15)13(17)18-4/h11-12H,5-10,15H2,1-4H3/t11-,12+,14?. The molecular weight excluding hydrogens is 228 g/mol. The Kier molecular flexibility index (Phi) is 5.60. The van der Waals surface area contributed by atoms with Crippen LogP contribution in [0.3, 0.4) is 0 Å². The van der Waals surface area contributed by atoms with Gasteiger partial charge in [-0.05, 0) is 53.0 Å². The lowest BCUT2D eigenvalue weighted by Gasteiger charge is -2.39. The van der Waals surface area contributed by atoms with Crippen molar-refractivity contribution in [3.8, 4) is 0 Å². The van der Waals surface area contributed by atoms with Gasteiger partial charge in [0.15, 0.2) is 0 Å². The summed E-state index contributed by atoms with van der Waals surface area (Å²) in [7, 11) is 1.39. The first-order chi connectivity index (χ1) is 8.38. The molecule has 18 heavy (non-hydrogen) atoms. The van der Waals surface area contributed by atoms with Gasteiger partial charge >= 0.3 is 5.97 Å². The average Bonchev–Trinajstić information content (AvgIpc) is 2.31. The number of carbonyl (C=O) groups is 1. The maximum absolute atomic E-state index is 11.5. The molecule has 2 N–H and O–H groups in total. The minimum absolute atomic E-state index is 0.317. The SMILES string of the molecule is COC(=O)C(C)(N)CCCN1[C@H](C)CCC[C@@H]1C. The third kappa shape index (κ3) is 3.95. The topological polar surface area (TPSA) is 55.6 Å². The van der Waals surface area contributed by atoms with Gasteiger partial charge in [-0.3, -0.25) is 9.69 Å². The molecule has 4 heteroatoms. The van der Waals surface area contributed by atoms with Crippen molar-refractivity contribution < 1.29 is 9.53 Å². The summed E-state index contributed by atoms with van der Waals surface area (Å²) in [6.07, 6.45) is 5.50. The molecular formula is C14H28N2O2. The van der Waals surface area contributed by atoms with E-state index in [0.717, 1.165) is 13.0 Å². The van der Waals surface area contributed by atoms with E-state index in [9.17, 15) is 4.79 Å². The van der Waals surface area contributed by atoms with Crippen molar-refractivity contribution in [2.45, 2.75) is 70.5 Å². The van der Waals surface area contributed by atoms with E-state index < -0.39 is 5.54 Å². The third-order valence-electron chi connectivity index (χ3n) is 4.14. The quantitative estimate of drug-likeness (QED) is 0.764. The van der Waals surface area contributed by atoms with Gasteiger partial charge < -0.3 is 10.5 Å². The number of hydrogen-bond donors (Lipinski definition) is 1. The molecule has 0 radical (unpaired) electrons. The summed E-state index contributed by atoms with van der Waals surface area (Å²) in [5.41, 5.74) is 5.11. The summed E-state index contributed by atoms with van der Waals surface area (Å²) in [6.45, 7) is 7.35. The lowest BCUT2D eigenvalue weighted by atomic mass is 9.94. The Morgan fingerprint density at radius 2 is 1.94 bits per heavy atom. The summed E-state index contributed by atoms with van der Waals surface area (Å²) in [4.78, 5) is 14.0. The lowest BCUT2D eigenvalue weighted by molar-refractivity contribution is -0.146. The fourth-order valence-electron chi connectivity index (χ4n) is 2.88. The minimum Gasteiger partial charge on any atom is -0.468 e. The van der Waals surface area contributed by atoms with E-state index in [1.807, 2.05) is 0 Å². The van der Waals surface area contributed by atoms with Crippen molar-refractivity contribution in [2.24, 2.45) is 5.73 Å². The van der Waals surface area contributed by atoms with Crippen molar-refractivity contribution in [1.29, 1.82) is 0 Å². The Morgan fingerprint density at radius 3 is 2.44 bits per heavy atom. The van der Waals surface area contributed by atoms with Gasteiger partial charge in [0, 0.05) is 12.1 Å². The van der Waals surface area contributed by atoms with Crippen LogP contribution in [0.4, 0.5) is 0 Å². The van der Waals surface area contributed by atoms with Gasteiger partial charge in [0.2, 0.25) is 0 Å². The summed E-state index contributed by atoms with van der Waals surface area (Å²) in [6, 6.07) is 1.30. The monoisotopic (exact) mass is 256 g/mol. The van der Waals surface area contributed by atoms with Crippen LogP contribution in [0, 0.1) is 0 Å². The van der Waals surface area contributed by atoms with Gasteiger partial charge in [-0.25, -0.2) is 0 Å². The zero-order valence-electron chi connectivity index (χ0n) is 12.2. The first-order valence-corrected chi connectivity index (χ1v) is 7.01. The summed E-state index contributed by atoms with van der Waals surface area (Å²) < 4.78 is 4.72. The normalized spacial score (nSPS) is 28.7. The molecule has 1 unspecified atom stereocenters. The highest BCUT2D eigenvalue weighted by Gasteiger charge is 2.30. The highest BCUT2D eigenvalue weighted by molar-refractivity contribution is 5.79. The fraction of sp³-hybridized carbons (Fsp3) is 0.929. The molecule has 4 nitrogen and oxygen atoms in total. The predicted molar refractivity (Wildman–Crippen MR) is 73.3 cm³/mol. The number of rotatable bonds is 5. The molecule has 1 aliphatic rings. The van der Waals surface area contributed by atoms with E-state index in [1.54, 1.807) is 6.92 Å². The number of methoxy groups -OCH3 is 1. The lowest BCUT2D eigenvalue weighted by Crippen LogP contribution is -2.48. The molecule has 0 saturated carbocycles. The van der Waals surface area contributed by atoms with Crippen LogP contribution in [0.25, 0.3) is 0 Å². The van der Waals surface area contributed by atoms with Crippen molar-refractivity contribution in [3.63, 3.8) is 0 Å². The van der Waals surface area contributed by atoms with Crippen LogP contribution in [0.5, 0.6) is 0 Å². The van der Waals surface area contributed by atoms with Crippen LogP contribution in [-0.4, -0.2) is 42.1 Å². The van der Waals surface area contributed by atoms with Crippen LogP contribution < -0.4 is 5.73 Å². The third-order valence-corrected chi connectivity index (χ3v) is 4.14. The molecule has 3 atom stereocenters. The minimum atomic E-state index is -0.850. The number of hydrogen-bond acceptors (Lipinski definition) is 4. The first kappa shape index (κ1) is 15.4. The highest BCUT2D eigenvalue weighted by atomic mass is 16.5. The first-order valence-electron chi connectivity index (χ1n) is 7.01. The maximum atomic E-state index is 11.5. The molecule has 0 aromatic rings. The van der Waals surface area contributed by atoms with E-state index in [1.165, 1.54) is 26.4 Å². The van der Waals surface area contributed by atoms with Crippen LogP contribution in [0.1, 0.15) is 52.9 Å². The maximum Gasteiger partial charge on any atom is 0.325 e. The van der Waals surface area contributed by atoms with E-state index in [0.29, 0.717) is 18.5 Å². The molecule has 0 bridgehead atoms. The van der Waals surface area contributed by atoms with E-state index in [4.69, 9.17) is 10.5 Å². The molecule has 0 aromatic heterocycles. The largest absolute Gasteiger partial charge is 0.468 e. The Bertz CT molecular complexity index is 269. The number of nitrogens with zero attached hydrogens (tertiary/aromatic N) is 1. The van der Waals surface area contributed by atoms with Crippen LogP contribution >= 0.6 is 0 Å². The molecule has 1 saturated heterocycles. The summed E-state index contributed by atoms with van der Waals surface area (Å²) >= 11 is 0. The molecule has 0 aliphatic carbocycles. The number of ether oxygens (including phenoxy) is 1. The number of likely N-dealkylation sites (tertiary alicyclic amines) is 1. The summed E-state index contributed by atoms with van der Waals surface area (Å²) in [5, 5.41) is 0. The number of nitrogens with two attached hydrogens (primary N) is 1. The highest BCUT2D eigenvalue weighted by Crippen LogP contribution is 2.23. The van der Waals surface area contributed by atoms with Gasteiger partial charge in [0.1, 0.15) is 5.54 Å². The van der Waals surface area contributed by atoms with Crippen LogP contribution in [-0.2, 0) is 9.53 Å². The molecule has 0 spiro atoms. The second kappa shape index (κ2) is 6.53. The second-order valence-corrected chi connectivity index (χ2v) is 5.88. The van der Waals surface area contributed by atoms with Gasteiger partial charge in [-0.1, -0.05) is 6.42 Å². The fourth-order valence-corrected chi connectivity index (χ4v) is 2.88. The Morgan fingerprint density at radius 1 is 1.39 bits per heavy atom. The zero-order valence-corrected chi connectivity index (χ0v) is 12.2. The zero-order chi connectivity index (χ0) is 13.8. The van der Waals surface area contributed by atoms with E-state index >= 15 is 0 Å². The molecule has 1 heterocycles. The molecule has 1 fully saturated rings. The van der Waals surface area contributed by atoms with E-state index in [-0.39, 0.29) is 5.97 Å². The molecule has 0 aromatic carbocycles. The number of esters is 1. The van der Waals surface area contributed by atoms with Gasteiger partial charge in [-0.15, -0.1) is 0 Å².